The summed E-state index contributed by atoms with van der Waals surface area (Å²) < 4.78 is 10.8. The molecule has 0 heterocycles. The Labute approximate surface area is 119 Å². The second-order valence-electron chi connectivity index (χ2n) is 4.65. The van der Waals surface area contributed by atoms with Gasteiger partial charge in [-0.25, -0.2) is 0 Å². The molecule has 2 aromatic carbocycles. The first-order valence-electron chi connectivity index (χ1n) is 6.71. The average molecular weight is 272 g/mol. The van der Waals surface area contributed by atoms with Crippen LogP contribution in [0, 0.1) is 6.92 Å². The molecule has 0 fully saturated rings. The van der Waals surface area contributed by atoms with Crippen molar-refractivity contribution in [3.8, 4) is 11.5 Å². The molecule has 0 aliphatic rings. The minimum absolute atomic E-state index is 0.604. The van der Waals surface area contributed by atoms with E-state index in [4.69, 9.17) is 9.47 Å². The highest BCUT2D eigenvalue weighted by Crippen LogP contribution is 2.32. The van der Waals surface area contributed by atoms with E-state index in [-0.39, 0.29) is 0 Å². The van der Waals surface area contributed by atoms with Crippen LogP contribution in [0.5, 0.6) is 11.5 Å². The maximum absolute atomic E-state index is 10.6. The maximum atomic E-state index is 10.6. The first-order valence-corrected chi connectivity index (χ1v) is 6.71. The molecule has 0 saturated heterocycles. The quantitative estimate of drug-likeness (QED) is 0.905. The van der Waals surface area contributed by atoms with Crippen molar-refractivity contribution in [2.45, 2.75) is 20.0 Å². The Bertz CT molecular complexity index is 578. The number of benzene rings is 2. The molecule has 2 aromatic rings. The summed E-state index contributed by atoms with van der Waals surface area (Å²) in [6.07, 6.45) is -0.731. The van der Waals surface area contributed by atoms with Crippen LogP contribution in [0.3, 0.4) is 0 Å². The Balaban J connectivity index is 2.37. The van der Waals surface area contributed by atoms with E-state index in [1.54, 1.807) is 7.11 Å². The van der Waals surface area contributed by atoms with Gasteiger partial charge in [0, 0.05) is 5.56 Å². The average Bonchev–Trinajstić information content (AvgIpc) is 2.47. The first-order chi connectivity index (χ1) is 9.65. The molecular weight excluding hydrogens is 252 g/mol. The number of ether oxygens (including phenoxy) is 2. The molecular formula is C17H20O3. The summed E-state index contributed by atoms with van der Waals surface area (Å²) in [5.41, 5.74) is 2.64. The van der Waals surface area contributed by atoms with Crippen LogP contribution >= 0.6 is 0 Å². The van der Waals surface area contributed by atoms with Gasteiger partial charge in [0.15, 0.2) is 0 Å². The van der Waals surface area contributed by atoms with Gasteiger partial charge in [-0.05, 0) is 43.7 Å². The third-order valence-electron chi connectivity index (χ3n) is 3.16. The highest BCUT2D eigenvalue weighted by molar-refractivity contribution is 5.44. The van der Waals surface area contributed by atoms with E-state index >= 15 is 0 Å². The number of rotatable bonds is 5. The lowest BCUT2D eigenvalue weighted by Gasteiger charge is -2.16. The predicted molar refractivity (Wildman–Crippen MR) is 79.4 cm³/mol. The Kier molecular flexibility index (Phi) is 4.64. The minimum Gasteiger partial charge on any atom is -0.496 e. The summed E-state index contributed by atoms with van der Waals surface area (Å²) in [6, 6.07) is 13.3. The van der Waals surface area contributed by atoms with Crippen LogP contribution in [0.15, 0.2) is 42.5 Å². The SMILES string of the molecule is CCOc1cccc(C(O)c2cc(C)ccc2OC)c1. The number of methoxy groups -OCH3 is 1. The van der Waals surface area contributed by atoms with Gasteiger partial charge in [-0.1, -0.05) is 23.8 Å². The zero-order valence-corrected chi connectivity index (χ0v) is 12.1. The van der Waals surface area contributed by atoms with Gasteiger partial charge >= 0.3 is 0 Å². The van der Waals surface area contributed by atoms with Crippen LogP contribution in [-0.2, 0) is 0 Å². The number of aliphatic hydroxyl groups excluding tert-OH is 1. The normalized spacial score (nSPS) is 12.0. The van der Waals surface area contributed by atoms with Crippen molar-refractivity contribution in [1.29, 1.82) is 0 Å². The fraction of sp³-hybridized carbons (Fsp3) is 0.294. The summed E-state index contributed by atoms with van der Waals surface area (Å²) in [7, 11) is 1.61. The Morgan fingerprint density at radius 1 is 1.15 bits per heavy atom. The van der Waals surface area contributed by atoms with Gasteiger partial charge in [-0.3, -0.25) is 0 Å². The molecule has 3 heteroatoms. The summed E-state index contributed by atoms with van der Waals surface area (Å²) in [6.45, 7) is 4.53. The van der Waals surface area contributed by atoms with Gasteiger partial charge in [-0.2, -0.15) is 0 Å². The topological polar surface area (TPSA) is 38.7 Å². The molecule has 0 bridgehead atoms. The van der Waals surface area contributed by atoms with Gasteiger partial charge in [-0.15, -0.1) is 0 Å². The van der Waals surface area contributed by atoms with Crippen molar-refractivity contribution in [3.63, 3.8) is 0 Å². The lowest BCUT2D eigenvalue weighted by Crippen LogP contribution is -2.03. The molecule has 0 saturated carbocycles. The fourth-order valence-electron chi connectivity index (χ4n) is 2.19. The van der Waals surface area contributed by atoms with Crippen LogP contribution < -0.4 is 9.47 Å². The molecule has 0 radical (unpaired) electrons. The zero-order chi connectivity index (χ0) is 14.5. The van der Waals surface area contributed by atoms with Gasteiger partial charge in [0.05, 0.1) is 13.7 Å². The molecule has 3 nitrogen and oxygen atoms in total. The standard InChI is InChI=1S/C17H20O3/c1-4-20-14-7-5-6-13(11-14)17(18)15-10-12(2)8-9-16(15)19-3/h5-11,17-18H,4H2,1-3H3. The highest BCUT2D eigenvalue weighted by Gasteiger charge is 2.16. The largest absolute Gasteiger partial charge is 0.496 e. The van der Waals surface area contributed by atoms with E-state index in [9.17, 15) is 5.11 Å². The summed E-state index contributed by atoms with van der Waals surface area (Å²) >= 11 is 0. The van der Waals surface area contributed by atoms with E-state index in [1.165, 1.54) is 0 Å². The lowest BCUT2D eigenvalue weighted by molar-refractivity contribution is 0.214. The van der Waals surface area contributed by atoms with Crippen molar-refractivity contribution < 1.29 is 14.6 Å². The number of hydrogen-bond donors (Lipinski definition) is 1. The monoisotopic (exact) mass is 272 g/mol. The summed E-state index contributed by atoms with van der Waals surface area (Å²) in [4.78, 5) is 0. The summed E-state index contributed by atoms with van der Waals surface area (Å²) in [5, 5.41) is 10.6. The molecule has 2 rings (SSSR count). The Morgan fingerprint density at radius 2 is 1.95 bits per heavy atom. The van der Waals surface area contributed by atoms with Crippen molar-refractivity contribution in [1.82, 2.24) is 0 Å². The predicted octanol–water partition coefficient (Wildman–Crippen LogP) is 3.48. The van der Waals surface area contributed by atoms with E-state index in [0.29, 0.717) is 12.4 Å². The fourth-order valence-corrected chi connectivity index (χ4v) is 2.19. The maximum Gasteiger partial charge on any atom is 0.125 e. The second-order valence-corrected chi connectivity index (χ2v) is 4.65. The molecule has 1 atom stereocenters. The number of aliphatic hydroxyl groups is 1. The van der Waals surface area contributed by atoms with Crippen molar-refractivity contribution >= 4 is 0 Å². The van der Waals surface area contributed by atoms with Crippen molar-refractivity contribution in [2.75, 3.05) is 13.7 Å². The van der Waals surface area contributed by atoms with Crippen LogP contribution in [0.25, 0.3) is 0 Å². The van der Waals surface area contributed by atoms with Crippen LogP contribution in [-0.4, -0.2) is 18.8 Å². The van der Waals surface area contributed by atoms with Crippen molar-refractivity contribution in [2.24, 2.45) is 0 Å². The molecule has 1 N–H and O–H groups in total. The zero-order valence-electron chi connectivity index (χ0n) is 12.1. The van der Waals surface area contributed by atoms with E-state index < -0.39 is 6.10 Å². The third-order valence-corrected chi connectivity index (χ3v) is 3.16. The lowest BCUT2D eigenvalue weighted by atomic mass is 9.99. The summed E-state index contributed by atoms with van der Waals surface area (Å²) in [5.74, 6) is 1.44. The highest BCUT2D eigenvalue weighted by atomic mass is 16.5. The molecule has 0 aliphatic carbocycles. The van der Waals surface area contributed by atoms with Gasteiger partial charge in [0.2, 0.25) is 0 Å². The van der Waals surface area contributed by atoms with Crippen molar-refractivity contribution in [3.05, 3.63) is 59.2 Å². The van der Waals surface area contributed by atoms with Crippen LogP contribution in [0.1, 0.15) is 29.7 Å². The smallest absolute Gasteiger partial charge is 0.125 e. The van der Waals surface area contributed by atoms with E-state index in [0.717, 1.165) is 22.4 Å². The Morgan fingerprint density at radius 3 is 2.65 bits per heavy atom. The Hall–Kier alpha value is -2.00. The molecule has 20 heavy (non-hydrogen) atoms. The molecule has 0 spiro atoms. The molecule has 0 aromatic heterocycles. The van der Waals surface area contributed by atoms with E-state index in [2.05, 4.69) is 0 Å². The minimum atomic E-state index is -0.731. The van der Waals surface area contributed by atoms with Crippen LogP contribution in [0.2, 0.25) is 0 Å². The first kappa shape index (κ1) is 14.4. The number of aryl methyl sites for hydroxylation is 1. The molecule has 1 unspecified atom stereocenters. The van der Waals surface area contributed by atoms with Crippen LogP contribution in [0.4, 0.5) is 0 Å². The van der Waals surface area contributed by atoms with Gasteiger partial charge in [0.1, 0.15) is 17.6 Å². The van der Waals surface area contributed by atoms with Gasteiger partial charge in [0.25, 0.3) is 0 Å². The molecule has 0 aliphatic heterocycles. The molecule has 0 amide bonds. The second kappa shape index (κ2) is 6.44. The van der Waals surface area contributed by atoms with E-state index in [1.807, 2.05) is 56.3 Å². The third kappa shape index (κ3) is 3.11. The number of hydrogen-bond acceptors (Lipinski definition) is 3. The van der Waals surface area contributed by atoms with Gasteiger partial charge < -0.3 is 14.6 Å². The molecule has 106 valence electrons.